The molecule has 4 heteroatoms. The van der Waals surface area contributed by atoms with Gasteiger partial charge >= 0.3 is 0 Å². The van der Waals surface area contributed by atoms with Crippen molar-refractivity contribution in [3.05, 3.63) is 41.1 Å². The Morgan fingerprint density at radius 3 is 2.96 bits per heavy atom. The van der Waals surface area contributed by atoms with Crippen LogP contribution in [0.5, 0.6) is 5.75 Å². The summed E-state index contributed by atoms with van der Waals surface area (Å²) in [5, 5.41) is 21.2. The quantitative estimate of drug-likeness (QED) is 0.558. The van der Waals surface area contributed by atoms with E-state index in [0.717, 1.165) is 34.8 Å². The molecule has 4 aliphatic heterocycles. The van der Waals surface area contributed by atoms with Crippen molar-refractivity contribution in [2.75, 3.05) is 20.2 Å². The standard InChI is InChI=1S/C20H24N2O2/c1-3-11-9-22(2)18-8-15-14-6-12(24)4-5-17(14)21-20(15)19(22)7-13(11)16(18)10-23/h3-6,13,16,18-19,21,23H,7-10H2,1-2H3/p+1/b11-3-/t13-,16-,18+,19+,22+/m1/s1. The molecule has 2 aromatic rings. The monoisotopic (exact) mass is 325 g/mol. The normalized spacial score (nSPS) is 38.7. The van der Waals surface area contributed by atoms with Gasteiger partial charge in [-0.15, -0.1) is 0 Å². The second kappa shape index (κ2) is 4.64. The molecule has 24 heavy (non-hydrogen) atoms. The Morgan fingerprint density at radius 2 is 2.21 bits per heavy atom. The minimum absolute atomic E-state index is 0.274. The predicted molar refractivity (Wildman–Crippen MR) is 93.7 cm³/mol. The van der Waals surface area contributed by atoms with Gasteiger partial charge in [0.25, 0.3) is 0 Å². The third-order valence-electron chi connectivity index (χ3n) is 7.21. The second-order valence-corrected chi connectivity index (χ2v) is 8.09. The maximum Gasteiger partial charge on any atom is 0.131 e. The summed E-state index contributed by atoms with van der Waals surface area (Å²) in [6, 6.07) is 6.58. The highest BCUT2D eigenvalue weighted by molar-refractivity contribution is 5.86. The number of H-pyrrole nitrogens is 1. The van der Waals surface area contributed by atoms with Crippen LogP contribution >= 0.6 is 0 Å². The number of aromatic amines is 1. The number of nitrogens with one attached hydrogen (secondary N) is 1. The van der Waals surface area contributed by atoms with Crippen molar-refractivity contribution in [1.29, 1.82) is 0 Å². The first-order valence-corrected chi connectivity index (χ1v) is 9.01. The van der Waals surface area contributed by atoms with Crippen molar-refractivity contribution < 1.29 is 14.7 Å². The van der Waals surface area contributed by atoms with Gasteiger partial charge in [0.1, 0.15) is 18.3 Å². The van der Waals surface area contributed by atoms with Crippen LogP contribution in [-0.2, 0) is 6.42 Å². The summed E-state index contributed by atoms with van der Waals surface area (Å²) < 4.78 is 1.02. The van der Waals surface area contributed by atoms with E-state index in [-0.39, 0.29) is 6.61 Å². The van der Waals surface area contributed by atoms with Crippen LogP contribution in [0.25, 0.3) is 10.9 Å². The SMILES string of the molecule is C/C=C1/C[N@+]2(C)[C@H]3C[C@H]1[C@@H](CO)[C@@H]2Cc1c3[nH]c2ccc(O)cc12. The summed E-state index contributed by atoms with van der Waals surface area (Å²) in [6.45, 7) is 3.52. The van der Waals surface area contributed by atoms with E-state index in [1.165, 1.54) is 16.8 Å². The number of phenolic OH excluding ortho intramolecular Hbond substituents is 1. The minimum atomic E-state index is 0.274. The fourth-order valence-corrected chi connectivity index (χ4v) is 6.05. The molecule has 3 saturated heterocycles. The molecule has 0 amide bonds. The van der Waals surface area contributed by atoms with Gasteiger partial charge in [0.15, 0.2) is 0 Å². The molecule has 5 atom stereocenters. The average Bonchev–Trinajstić information content (AvgIpc) is 2.91. The Balaban J connectivity index is 1.73. The van der Waals surface area contributed by atoms with Crippen LogP contribution in [0.3, 0.4) is 0 Å². The molecule has 4 aliphatic rings. The summed E-state index contributed by atoms with van der Waals surface area (Å²) in [5.74, 6) is 1.20. The van der Waals surface area contributed by atoms with Crippen LogP contribution in [0.1, 0.15) is 30.6 Å². The van der Waals surface area contributed by atoms with Crippen molar-refractivity contribution in [2.45, 2.75) is 31.8 Å². The number of quaternary nitrogens is 1. The van der Waals surface area contributed by atoms with Gasteiger partial charge in [0.05, 0.1) is 25.4 Å². The van der Waals surface area contributed by atoms with Crippen LogP contribution in [0.4, 0.5) is 0 Å². The molecule has 5 heterocycles. The van der Waals surface area contributed by atoms with E-state index in [0.29, 0.717) is 29.7 Å². The molecule has 0 unspecified atom stereocenters. The van der Waals surface area contributed by atoms with E-state index in [9.17, 15) is 10.2 Å². The minimum Gasteiger partial charge on any atom is -0.508 e. The Labute approximate surface area is 142 Å². The number of likely N-dealkylation sites (N-methyl/N-ethyl adjacent to an activating group) is 1. The molecule has 0 spiro atoms. The van der Waals surface area contributed by atoms with Gasteiger partial charge in [-0.25, -0.2) is 0 Å². The van der Waals surface area contributed by atoms with Gasteiger partial charge < -0.3 is 19.7 Å². The van der Waals surface area contributed by atoms with E-state index >= 15 is 0 Å². The van der Waals surface area contributed by atoms with E-state index in [2.05, 4.69) is 25.0 Å². The molecule has 3 fully saturated rings. The van der Waals surface area contributed by atoms with Gasteiger partial charge in [0.2, 0.25) is 0 Å². The number of piperidine rings is 3. The molecular formula is C20H25N2O2+. The Hall–Kier alpha value is -1.78. The summed E-state index contributed by atoms with van der Waals surface area (Å²) in [7, 11) is 2.38. The zero-order valence-corrected chi connectivity index (χ0v) is 14.3. The fraction of sp³-hybridized carbons (Fsp3) is 0.500. The molecule has 126 valence electrons. The first-order valence-electron chi connectivity index (χ1n) is 9.01. The predicted octanol–water partition coefficient (Wildman–Crippen LogP) is 2.87. The molecule has 4 nitrogen and oxygen atoms in total. The number of phenols is 1. The third kappa shape index (κ3) is 1.60. The molecule has 0 radical (unpaired) electrons. The first kappa shape index (κ1) is 14.6. The van der Waals surface area contributed by atoms with Gasteiger partial charge in [-0.1, -0.05) is 6.08 Å². The lowest BCUT2D eigenvalue weighted by Gasteiger charge is -2.62. The van der Waals surface area contributed by atoms with Crippen LogP contribution < -0.4 is 0 Å². The van der Waals surface area contributed by atoms with E-state index in [1.807, 2.05) is 12.1 Å². The van der Waals surface area contributed by atoms with E-state index in [4.69, 9.17) is 0 Å². The zero-order valence-electron chi connectivity index (χ0n) is 14.3. The molecule has 1 aromatic heterocycles. The van der Waals surface area contributed by atoms with Gasteiger partial charge in [-0.3, -0.25) is 0 Å². The van der Waals surface area contributed by atoms with Crippen molar-refractivity contribution >= 4 is 10.9 Å². The molecule has 4 bridgehead atoms. The van der Waals surface area contributed by atoms with Crippen LogP contribution in [0.2, 0.25) is 0 Å². The van der Waals surface area contributed by atoms with Crippen molar-refractivity contribution in [3.8, 4) is 5.75 Å². The Morgan fingerprint density at radius 1 is 1.38 bits per heavy atom. The molecule has 3 N–H and O–H groups in total. The average molecular weight is 325 g/mol. The van der Waals surface area contributed by atoms with Gasteiger partial charge in [0, 0.05) is 35.6 Å². The highest BCUT2D eigenvalue weighted by Gasteiger charge is 2.61. The number of fused-ring (bicyclic) bond motifs is 4. The smallest absolute Gasteiger partial charge is 0.131 e. The van der Waals surface area contributed by atoms with Gasteiger partial charge in [-0.2, -0.15) is 0 Å². The highest BCUT2D eigenvalue weighted by Crippen LogP contribution is 2.57. The number of aromatic hydroxyl groups is 1. The maximum absolute atomic E-state index is 10.1. The van der Waals surface area contributed by atoms with E-state index in [1.54, 1.807) is 6.07 Å². The fourth-order valence-electron chi connectivity index (χ4n) is 6.05. The maximum atomic E-state index is 10.1. The molecule has 0 aliphatic carbocycles. The lowest BCUT2D eigenvalue weighted by atomic mass is 9.62. The molecular weight excluding hydrogens is 300 g/mol. The van der Waals surface area contributed by atoms with Crippen LogP contribution in [0, 0.1) is 11.8 Å². The third-order valence-corrected chi connectivity index (χ3v) is 7.21. The van der Waals surface area contributed by atoms with E-state index < -0.39 is 0 Å². The molecule has 0 saturated carbocycles. The summed E-state index contributed by atoms with van der Waals surface area (Å²) in [6.07, 6.45) is 4.39. The second-order valence-electron chi connectivity index (χ2n) is 8.09. The molecule has 6 rings (SSSR count). The largest absolute Gasteiger partial charge is 0.508 e. The first-order chi connectivity index (χ1) is 11.6. The van der Waals surface area contributed by atoms with Crippen LogP contribution in [0.15, 0.2) is 29.8 Å². The number of aliphatic hydroxyl groups is 1. The summed E-state index contributed by atoms with van der Waals surface area (Å²) in [4.78, 5) is 3.67. The number of allylic oxidation sites excluding steroid dienone is 1. The Kier molecular flexibility index (Phi) is 2.82. The molecule has 1 aromatic carbocycles. The number of aliphatic hydroxyl groups excluding tert-OH is 1. The Bertz CT molecular complexity index is 868. The number of hydrogen-bond acceptors (Lipinski definition) is 2. The van der Waals surface area contributed by atoms with Gasteiger partial charge in [-0.05, 0) is 36.3 Å². The summed E-state index contributed by atoms with van der Waals surface area (Å²) >= 11 is 0. The summed E-state index contributed by atoms with van der Waals surface area (Å²) in [5.41, 5.74) is 5.39. The number of benzene rings is 1. The highest BCUT2D eigenvalue weighted by atomic mass is 16.3. The number of rotatable bonds is 1. The lowest BCUT2D eigenvalue weighted by molar-refractivity contribution is -0.978. The lowest BCUT2D eigenvalue weighted by Crippen LogP contribution is -2.70. The zero-order chi connectivity index (χ0) is 16.6. The number of aromatic nitrogens is 1. The number of hydrogen-bond donors (Lipinski definition) is 3. The topological polar surface area (TPSA) is 56.2 Å². The van der Waals surface area contributed by atoms with Crippen molar-refractivity contribution in [2.24, 2.45) is 11.8 Å². The van der Waals surface area contributed by atoms with Crippen molar-refractivity contribution in [3.63, 3.8) is 0 Å². The van der Waals surface area contributed by atoms with Crippen molar-refractivity contribution in [1.82, 2.24) is 4.98 Å². The van der Waals surface area contributed by atoms with Crippen LogP contribution in [-0.4, -0.2) is 45.9 Å². The number of nitrogens with zero attached hydrogens (tertiary/aromatic N) is 1.